The van der Waals surface area contributed by atoms with Crippen molar-refractivity contribution in [2.24, 2.45) is 0 Å². The van der Waals surface area contributed by atoms with Crippen LogP contribution in [0.1, 0.15) is 31.9 Å². The highest BCUT2D eigenvalue weighted by Crippen LogP contribution is 2.42. The number of carbonyl (C=O) groups is 1. The van der Waals surface area contributed by atoms with Gasteiger partial charge < -0.3 is 28.7 Å². The Labute approximate surface area is 378 Å². The number of hydrogen-bond acceptors (Lipinski definition) is 11. The van der Waals surface area contributed by atoms with Gasteiger partial charge in [-0.25, -0.2) is 36.9 Å². The number of carbonyl (C=O) groups excluding carboxylic acids is 1. The third kappa shape index (κ3) is 10.7. The lowest BCUT2D eigenvalue weighted by Crippen LogP contribution is -2.50. The molecule has 0 saturated carbocycles. The summed E-state index contributed by atoms with van der Waals surface area (Å²) in [7, 11) is -1.89. The zero-order chi connectivity index (χ0) is 46.7. The summed E-state index contributed by atoms with van der Waals surface area (Å²) in [5.74, 6) is -0.220. The van der Waals surface area contributed by atoms with Gasteiger partial charge in [-0.1, -0.05) is 29.8 Å². The minimum absolute atomic E-state index is 0.148. The molecule has 7 rings (SSSR count). The van der Waals surface area contributed by atoms with Crippen molar-refractivity contribution in [3.05, 3.63) is 132 Å². The topological polar surface area (TPSA) is 137 Å². The molecule has 340 valence electrons. The van der Waals surface area contributed by atoms with E-state index in [-0.39, 0.29) is 29.0 Å². The number of rotatable bonds is 12. The third-order valence-corrected chi connectivity index (χ3v) is 12.2. The second-order valence-electron chi connectivity index (χ2n) is 15.7. The average Bonchev–Trinajstić information content (AvgIpc) is 3.28. The second kappa shape index (κ2) is 18.8. The van der Waals surface area contributed by atoms with E-state index in [1.54, 1.807) is 80.4 Å². The lowest BCUT2D eigenvalue weighted by atomic mass is 9.97. The molecular formula is C46H43ClF4N6O7S. The molecule has 4 aromatic carbocycles. The number of piperazine rings is 1. The van der Waals surface area contributed by atoms with Gasteiger partial charge in [0.15, 0.2) is 0 Å². The second-order valence-corrected chi connectivity index (χ2v) is 17.9. The number of anilines is 2. The number of aromatic nitrogens is 3. The largest absolute Gasteiger partial charge is 0.497 e. The normalized spacial score (nSPS) is 13.3. The molecule has 1 saturated heterocycles. The van der Waals surface area contributed by atoms with Crippen molar-refractivity contribution in [2.75, 3.05) is 49.6 Å². The van der Waals surface area contributed by atoms with E-state index in [0.29, 0.717) is 71.3 Å². The van der Waals surface area contributed by atoms with Crippen LogP contribution in [0, 0.1) is 5.82 Å². The molecule has 0 N–H and O–H groups in total. The van der Waals surface area contributed by atoms with Gasteiger partial charge in [-0.05, 0) is 98.1 Å². The number of pyridine rings is 1. The minimum Gasteiger partial charge on any atom is -0.497 e. The minimum atomic E-state index is -4.77. The van der Waals surface area contributed by atoms with Gasteiger partial charge in [0, 0.05) is 68.0 Å². The van der Waals surface area contributed by atoms with Crippen molar-refractivity contribution < 1.29 is 49.7 Å². The van der Waals surface area contributed by atoms with E-state index in [9.17, 15) is 26.4 Å². The number of sulfonamides is 1. The SMILES string of the molecule is COc1ccc(CN(c2ncccn2)S(=O)(=O)c2cc(Cl)c(Oc3ccc(-c4ccc(C(F)(F)F)cc4)cc3-c3ccnc(N4CCN(C(=O)OC(C)(C)C)CC4)c3)cc2F)c(OC)c1. The van der Waals surface area contributed by atoms with Crippen molar-refractivity contribution in [3.8, 4) is 45.3 Å². The van der Waals surface area contributed by atoms with Crippen molar-refractivity contribution in [1.82, 2.24) is 19.9 Å². The Balaban J connectivity index is 1.23. The summed E-state index contributed by atoms with van der Waals surface area (Å²) in [6.07, 6.45) is -0.688. The molecule has 2 aromatic heterocycles. The Morgan fingerprint density at radius 3 is 2.11 bits per heavy atom. The molecule has 13 nitrogen and oxygen atoms in total. The van der Waals surface area contributed by atoms with E-state index >= 15 is 4.39 Å². The fourth-order valence-corrected chi connectivity index (χ4v) is 8.62. The molecule has 19 heteroatoms. The van der Waals surface area contributed by atoms with Gasteiger partial charge in [0.05, 0.1) is 31.4 Å². The van der Waals surface area contributed by atoms with Crippen LogP contribution in [0.25, 0.3) is 22.3 Å². The van der Waals surface area contributed by atoms with Crippen LogP contribution in [0.15, 0.2) is 114 Å². The van der Waals surface area contributed by atoms with E-state index < -0.39 is 44.2 Å². The summed E-state index contributed by atoms with van der Waals surface area (Å²) >= 11 is 6.74. The van der Waals surface area contributed by atoms with Gasteiger partial charge in [0.2, 0.25) is 5.95 Å². The Kier molecular flexibility index (Phi) is 13.4. The van der Waals surface area contributed by atoms with E-state index in [0.717, 1.165) is 28.6 Å². The summed E-state index contributed by atoms with van der Waals surface area (Å²) in [5.41, 5.74) is 0.918. The average molecular weight is 935 g/mol. The van der Waals surface area contributed by atoms with Crippen molar-refractivity contribution in [2.45, 2.75) is 44.0 Å². The summed E-state index contributed by atoms with van der Waals surface area (Å²) in [6, 6.07) is 21.1. The van der Waals surface area contributed by atoms with Gasteiger partial charge in [0.25, 0.3) is 10.0 Å². The van der Waals surface area contributed by atoms with Crippen LogP contribution in [-0.2, 0) is 27.5 Å². The first kappa shape index (κ1) is 46.3. The third-order valence-electron chi connectivity index (χ3n) is 10.2. The molecular weight excluding hydrogens is 892 g/mol. The molecule has 1 aliphatic heterocycles. The van der Waals surface area contributed by atoms with Gasteiger partial charge >= 0.3 is 12.3 Å². The Bertz CT molecular complexity index is 2790. The number of methoxy groups -OCH3 is 2. The zero-order valence-electron chi connectivity index (χ0n) is 35.8. The van der Waals surface area contributed by atoms with Crippen molar-refractivity contribution in [1.29, 1.82) is 0 Å². The van der Waals surface area contributed by atoms with E-state index in [1.165, 1.54) is 44.8 Å². The van der Waals surface area contributed by atoms with Gasteiger partial charge in [-0.2, -0.15) is 13.2 Å². The number of ether oxygens (including phenoxy) is 4. The summed E-state index contributed by atoms with van der Waals surface area (Å²) in [5, 5.41) is -0.267. The maximum absolute atomic E-state index is 16.4. The molecule has 6 aromatic rings. The predicted molar refractivity (Wildman–Crippen MR) is 237 cm³/mol. The number of hydrogen-bond donors (Lipinski definition) is 0. The Hall–Kier alpha value is -6.66. The smallest absolute Gasteiger partial charge is 0.416 e. The van der Waals surface area contributed by atoms with Crippen LogP contribution in [0.3, 0.4) is 0 Å². The van der Waals surface area contributed by atoms with E-state index in [4.69, 9.17) is 30.5 Å². The summed E-state index contributed by atoms with van der Waals surface area (Å²) in [4.78, 5) is 28.4. The highest BCUT2D eigenvalue weighted by molar-refractivity contribution is 7.92. The Morgan fingerprint density at radius 2 is 1.46 bits per heavy atom. The lowest BCUT2D eigenvalue weighted by Gasteiger charge is -2.36. The first-order valence-electron chi connectivity index (χ1n) is 20.0. The fraction of sp³-hybridized carbons (Fsp3) is 0.261. The molecule has 0 bridgehead atoms. The molecule has 0 radical (unpaired) electrons. The van der Waals surface area contributed by atoms with Crippen LogP contribution in [-0.4, -0.2) is 80.4 Å². The molecule has 65 heavy (non-hydrogen) atoms. The number of amides is 1. The number of nitrogens with zero attached hydrogens (tertiary/aromatic N) is 6. The van der Waals surface area contributed by atoms with E-state index in [1.807, 2.05) is 4.90 Å². The fourth-order valence-electron chi connectivity index (χ4n) is 6.92. The first-order valence-corrected chi connectivity index (χ1v) is 21.8. The maximum Gasteiger partial charge on any atom is 0.416 e. The number of benzene rings is 4. The van der Waals surface area contributed by atoms with Crippen LogP contribution in [0.5, 0.6) is 23.0 Å². The van der Waals surface area contributed by atoms with Crippen molar-refractivity contribution >= 4 is 39.5 Å². The molecule has 1 amide bonds. The number of alkyl halides is 3. The number of halogens is 5. The van der Waals surface area contributed by atoms with E-state index in [2.05, 4.69) is 15.0 Å². The monoisotopic (exact) mass is 934 g/mol. The molecule has 0 atom stereocenters. The summed E-state index contributed by atoms with van der Waals surface area (Å²) in [6.45, 7) is 6.66. The van der Waals surface area contributed by atoms with Crippen LogP contribution < -0.4 is 23.4 Å². The van der Waals surface area contributed by atoms with Gasteiger partial charge in [-0.3, -0.25) is 0 Å². The maximum atomic E-state index is 16.4. The molecule has 3 heterocycles. The molecule has 0 unspecified atom stereocenters. The first-order chi connectivity index (χ1) is 30.8. The molecule has 0 aliphatic carbocycles. The highest BCUT2D eigenvalue weighted by atomic mass is 35.5. The quantitative estimate of drug-likeness (QED) is 0.108. The molecule has 1 aliphatic rings. The lowest BCUT2D eigenvalue weighted by molar-refractivity contribution is -0.137. The molecule has 1 fully saturated rings. The Morgan fingerprint density at radius 1 is 0.769 bits per heavy atom. The molecule has 0 spiro atoms. The highest BCUT2D eigenvalue weighted by Gasteiger charge is 2.33. The van der Waals surface area contributed by atoms with Crippen LogP contribution in [0.4, 0.5) is 34.1 Å². The van der Waals surface area contributed by atoms with Crippen LogP contribution >= 0.6 is 11.6 Å². The van der Waals surface area contributed by atoms with Crippen LogP contribution in [0.2, 0.25) is 5.02 Å². The standard InChI is InChI=1S/C46H43ClF4N6O7S/c1-45(2,3)64-44(58)56-21-19-55(20-22-56)42-24-31(15-18-52-42)35-23-30(29-7-11-33(12-8-29)46(49,50)51)10-14-38(35)63-40-27-37(48)41(26-36(40)47)65(59,60)57(43-53-16-6-17-54-43)28-32-9-13-34(61-4)25-39(32)62-5/h6-18,23-27H,19-22,28H2,1-5H3. The van der Waals surface area contributed by atoms with Gasteiger partial charge in [-0.15, -0.1) is 0 Å². The predicted octanol–water partition coefficient (Wildman–Crippen LogP) is 10.3. The van der Waals surface area contributed by atoms with Crippen molar-refractivity contribution in [3.63, 3.8) is 0 Å². The summed E-state index contributed by atoms with van der Waals surface area (Å²) < 4.78 is 109. The van der Waals surface area contributed by atoms with Gasteiger partial charge in [0.1, 0.15) is 45.1 Å². The zero-order valence-corrected chi connectivity index (χ0v) is 37.3.